The number of imidazole rings is 1. The van der Waals surface area contributed by atoms with Crippen molar-refractivity contribution >= 4 is 11.0 Å². The fourth-order valence-electron chi connectivity index (χ4n) is 3.62. The van der Waals surface area contributed by atoms with Crippen LogP contribution in [0.4, 0.5) is 0 Å². The van der Waals surface area contributed by atoms with Gasteiger partial charge >= 0.3 is 0 Å². The zero-order chi connectivity index (χ0) is 16.4. The Bertz CT molecular complexity index is 787. The summed E-state index contributed by atoms with van der Waals surface area (Å²) >= 11 is 0. The maximum atomic E-state index is 5.68. The lowest BCUT2D eigenvalue weighted by molar-refractivity contribution is 0.209. The molecule has 0 saturated carbocycles. The third-order valence-electron chi connectivity index (χ3n) is 4.95. The van der Waals surface area contributed by atoms with E-state index in [4.69, 9.17) is 9.40 Å². The third-order valence-corrected chi connectivity index (χ3v) is 4.95. The number of likely N-dealkylation sites (tertiary alicyclic amines) is 1. The predicted molar refractivity (Wildman–Crippen MR) is 94.7 cm³/mol. The molecule has 0 amide bonds. The lowest BCUT2D eigenvalue weighted by atomic mass is 10.2. The molecule has 126 valence electrons. The van der Waals surface area contributed by atoms with E-state index in [1.54, 1.807) is 6.26 Å². The van der Waals surface area contributed by atoms with E-state index in [9.17, 15) is 0 Å². The van der Waals surface area contributed by atoms with Gasteiger partial charge in [0.25, 0.3) is 0 Å². The number of rotatable bonds is 6. The molecule has 3 heterocycles. The summed E-state index contributed by atoms with van der Waals surface area (Å²) in [7, 11) is 2.08. The van der Waals surface area contributed by atoms with Crippen LogP contribution < -0.4 is 5.32 Å². The van der Waals surface area contributed by atoms with E-state index in [0.717, 1.165) is 43.3 Å². The van der Waals surface area contributed by atoms with Crippen LogP contribution in [0.15, 0.2) is 47.1 Å². The summed E-state index contributed by atoms with van der Waals surface area (Å²) in [5.74, 6) is 2.12. The summed E-state index contributed by atoms with van der Waals surface area (Å²) in [5.41, 5.74) is 2.23. The summed E-state index contributed by atoms with van der Waals surface area (Å²) in [4.78, 5) is 7.25. The quantitative estimate of drug-likeness (QED) is 0.757. The molecule has 1 atom stereocenters. The number of furan rings is 1. The van der Waals surface area contributed by atoms with Crippen molar-refractivity contribution in [2.75, 3.05) is 19.6 Å². The van der Waals surface area contributed by atoms with E-state index in [0.29, 0.717) is 6.04 Å². The zero-order valence-electron chi connectivity index (χ0n) is 14.1. The number of hydrogen-bond donors (Lipinski definition) is 1. The fourth-order valence-corrected chi connectivity index (χ4v) is 3.62. The van der Waals surface area contributed by atoms with Crippen LogP contribution in [0, 0.1) is 0 Å². The molecule has 1 aliphatic heterocycles. The highest BCUT2D eigenvalue weighted by Crippen LogP contribution is 2.25. The summed E-state index contributed by atoms with van der Waals surface area (Å²) in [6.45, 7) is 3.94. The second kappa shape index (κ2) is 6.79. The van der Waals surface area contributed by atoms with E-state index in [1.165, 1.54) is 18.4 Å². The van der Waals surface area contributed by atoms with Gasteiger partial charge < -0.3 is 14.3 Å². The van der Waals surface area contributed by atoms with Gasteiger partial charge in [-0.1, -0.05) is 12.1 Å². The van der Waals surface area contributed by atoms with Crippen molar-refractivity contribution in [3.05, 3.63) is 54.2 Å². The van der Waals surface area contributed by atoms with E-state index in [-0.39, 0.29) is 0 Å². The molecule has 1 unspecified atom stereocenters. The van der Waals surface area contributed by atoms with Gasteiger partial charge in [-0.2, -0.15) is 0 Å². The SMILES string of the molecule is Cn1c(CNCC(c2ccco2)N2CCCC2)nc2ccccc21. The first-order valence-electron chi connectivity index (χ1n) is 8.71. The standard InChI is InChI=1S/C19H24N4O/c1-22-16-8-3-2-7-15(16)21-19(22)14-20-13-17(18-9-6-12-24-18)23-10-4-5-11-23/h2-3,6-9,12,17,20H,4-5,10-11,13-14H2,1H3. The van der Waals surface area contributed by atoms with E-state index in [1.807, 2.05) is 12.1 Å². The Balaban J connectivity index is 1.45. The van der Waals surface area contributed by atoms with Crippen molar-refractivity contribution in [2.45, 2.75) is 25.4 Å². The Labute approximate surface area is 142 Å². The molecule has 1 aliphatic rings. The number of fused-ring (bicyclic) bond motifs is 1. The molecule has 0 radical (unpaired) electrons. The Hall–Kier alpha value is -2.11. The minimum Gasteiger partial charge on any atom is -0.468 e. The first kappa shape index (κ1) is 15.4. The van der Waals surface area contributed by atoms with Gasteiger partial charge in [-0.25, -0.2) is 4.98 Å². The van der Waals surface area contributed by atoms with Crippen molar-refractivity contribution in [3.8, 4) is 0 Å². The average Bonchev–Trinajstić information content (AvgIpc) is 3.35. The van der Waals surface area contributed by atoms with Crippen LogP contribution in [0.1, 0.15) is 30.5 Å². The molecular weight excluding hydrogens is 300 g/mol. The molecule has 24 heavy (non-hydrogen) atoms. The molecule has 3 aromatic rings. The van der Waals surface area contributed by atoms with E-state index in [2.05, 4.69) is 46.1 Å². The summed E-state index contributed by atoms with van der Waals surface area (Å²) in [6, 6.07) is 12.6. The number of nitrogens with one attached hydrogen (secondary N) is 1. The number of aryl methyl sites for hydroxylation is 1. The van der Waals surface area contributed by atoms with Gasteiger partial charge in [0.15, 0.2) is 0 Å². The smallest absolute Gasteiger partial charge is 0.123 e. The molecule has 1 fully saturated rings. The largest absolute Gasteiger partial charge is 0.468 e. The van der Waals surface area contributed by atoms with E-state index >= 15 is 0 Å². The normalized spacial score (nSPS) is 16.9. The predicted octanol–water partition coefficient (Wildman–Crippen LogP) is 3.09. The van der Waals surface area contributed by atoms with Crippen LogP contribution >= 0.6 is 0 Å². The van der Waals surface area contributed by atoms with Crippen LogP contribution in [0.5, 0.6) is 0 Å². The van der Waals surface area contributed by atoms with Crippen molar-refractivity contribution in [2.24, 2.45) is 7.05 Å². The lowest BCUT2D eigenvalue weighted by Gasteiger charge is -2.26. The number of nitrogens with zero attached hydrogens (tertiary/aromatic N) is 3. The second-order valence-corrected chi connectivity index (χ2v) is 6.48. The van der Waals surface area contributed by atoms with Gasteiger partial charge in [0, 0.05) is 13.6 Å². The molecule has 1 N–H and O–H groups in total. The minimum atomic E-state index is 0.303. The highest BCUT2D eigenvalue weighted by molar-refractivity contribution is 5.75. The van der Waals surface area contributed by atoms with Crippen molar-refractivity contribution in [1.82, 2.24) is 19.8 Å². The molecule has 4 rings (SSSR count). The summed E-state index contributed by atoms with van der Waals surface area (Å²) < 4.78 is 7.85. The number of hydrogen-bond acceptors (Lipinski definition) is 4. The van der Waals surface area contributed by atoms with Gasteiger partial charge in [-0.05, 0) is 50.2 Å². The summed E-state index contributed by atoms with van der Waals surface area (Å²) in [5, 5.41) is 3.58. The number of benzene rings is 1. The minimum absolute atomic E-state index is 0.303. The van der Waals surface area contributed by atoms with Gasteiger partial charge in [0.2, 0.25) is 0 Å². The lowest BCUT2D eigenvalue weighted by Crippen LogP contribution is -2.34. The molecular formula is C19H24N4O. The molecule has 0 spiro atoms. The maximum Gasteiger partial charge on any atom is 0.123 e. The maximum absolute atomic E-state index is 5.68. The Morgan fingerprint density at radius 1 is 1.17 bits per heavy atom. The molecule has 5 nitrogen and oxygen atoms in total. The molecule has 1 saturated heterocycles. The average molecular weight is 324 g/mol. The van der Waals surface area contributed by atoms with Crippen LogP contribution in [-0.2, 0) is 13.6 Å². The molecule has 2 aromatic heterocycles. The molecule has 0 bridgehead atoms. The van der Waals surface area contributed by atoms with Crippen LogP contribution in [0.3, 0.4) is 0 Å². The van der Waals surface area contributed by atoms with Crippen LogP contribution in [0.25, 0.3) is 11.0 Å². The van der Waals surface area contributed by atoms with Crippen molar-refractivity contribution in [3.63, 3.8) is 0 Å². The van der Waals surface area contributed by atoms with E-state index < -0.39 is 0 Å². The van der Waals surface area contributed by atoms with Crippen molar-refractivity contribution in [1.29, 1.82) is 0 Å². The number of para-hydroxylation sites is 2. The van der Waals surface area contributed by atoms with Gasteiger partial charge in [-0.3, -0.25) is 4.90 Å². The monoisotopic (exact) mass is 324 g/mol. The first-order chi connectivity index (χ1) is 11.8. The zero-order valence-corrected chi connectivity index (χ0v) is 14.1. The highest BCUT2D eigenvalue weighted by atomic mass is 16.3. The van der Waals surface area contributed by atoms with Gasteiger partial charge in [0.1, 0.15) is 11.6 Å². The third kappa shape index (κ3) is 2.97. The van der Waals surface area contributed by atoms with Gasteiger partial charge in [0.05, 0.1) is 29.9 Å². The Kier molecular flexibility index (Phi) is 4.36. The van der Waals surface area contributed by atoms with Crippen LogP contribution in [-0.4, -0.2) is 34.1 Å². The second-order valence-electron chi connectivity index (χ2n) is 6.48. The topological polar surface area (TPSA) is 46.2 Å². The highest BCUT2D eigenvalue weighted by Gasteiger charge is 2.25. The first-order valence-corrected chi connectivity index (χ1v) is 8.71. The van der Waals surface area contributed by atoms with Gasteiger partial charge in [-0.15, -0.1) is 0 Å². The fraction of sp³-hybridized carbons (Fsp3) is 0.421. The van der Waals surface area contributed by atoms with Crippen molar-refractivity contribution < 1.29 is 4.42 Å². The Morgan fingerprint density at radius 2 is 2.00 bits per heavy atom. The Morgan fingerprint density at radius 3 is 2.75 bits per heavy atom. The molecule has 1 aromatic carbocycles. The summed E-state index contributed by atoms with van der Waals surface area (Å²) in [6.07, 6.45) is 4.33. The molecule has 0 aliphatic carbocycles. The molecule has 5 heteroatoms. The number of aromatic nitrogens is 2. The van der Waals surface area contributed by atoms with Crippen LogP contribution in [0.2, 0.25) is 0 Å².